The number of amides is 2. The quantitative estimate of drug-likeness (QED) is 0.602. The lowest BCUT2D eigenvalue weighted by Gasteiger charge is -2.31. The molecule has 0 aliphatic carbocycles. The normalized spacial score (nSPS) is 20.5. The van der Waals surface area contributed by atoms with Gasteiger partial charge in [0.1, 0.15) is 0 Å². The zero-order valence-corrected chi connectivity index (χ0v) is 10.7. The van der Waals surface area contributed by atoms with Gasteiger partial charge < -0.3 is 20.8 Å². The number of rotatable bonds is 5. The first-order chi connectivity index (χ1) is 8.40. The summed E-state index contributed by atoms with van der Waals surface area (Å²) in [5.41, 5.74) is 5.00. The summed E-state index contributed by atoms with van der Waals surface area (Å²) in [5, 5.41) is 19.0. The predicted octanol–water partition coefficient (Wildman–Crippen LogP) is -0.768. The Hall–Kier alpha value is -1.14. The molecule has 1 fully saturated rings. The Bertz CT molecular complexity index is 300. The van der Waals surface area contributed by atoms with Gasteiger partial charge in [0.05, 0.1) is 18.6 Å². The summed E-state index contributed by atoms with van der Waals surface area (Å²) in [4.78, 5) is 24.3. The molecular weight excluding hydrogens is 236 g/mol. The van der Waals surface area contributed by atoms with Crippen LogP contribution in [-0.2, 0) is 9.59 Å². The van der Waals surface area contributed by atoms with Crippen molar-refractivity contribution in [3.63, 3.8) is 0 Å². The largest absolute Gasteiger partial charge is 0.393 e. The zero-order valence-electron chi connectivity index (χ0n) is 10.7. The molecule has 104 valence electrons. The first-order valence-corrected chi connectivity index (χ1v) is 6.32. The van der Waals surface area contributed by atoms with E-state index >= 15 is 0 Å². The van der Waals surface area contributed by atoms with Crippen molar-refractivity contribution in [3.05, 3.63) is 0 Å². The fourth-order valence-electron chi connectivity index (χ4n) is 2.06. The Morgan fingerprint density at radius 1 is 1.33 bits per heavy atom. The lowest BCUT2D eigenvalue weighted by atomic mass is 9.96. The van der Waals surface area contributed by atoms with Crippen molar-refractivity contribution in [3.8, 4) is 0 Å². The van der Waals surface area contributed by atoms with Crippen molar-refractivity contribution < 1.29 is 19.8 Å². The minimum Gasteiger partial charge on any atom is -0.393 e. The number of likely N-dealkylation sites (tertiary alicyclic amines) is 1. The lowest BCUT2D eigenvalue weighted by Crippen LogP contribution is -2.41. The second-order valence-electron chi connectivity index (χ2n) is 5.03. The standard InChI is InChI=1S/C12H22N2O4/c1-8(10(16)7-11(13)17)6-12(18)14-4-2-9(15)3-5-14/h8-10,15-16H,2-7H2,1H3,(H2,13,17)/t8-,10+/m1/s1. The number of aliphatic hydroxyl groups is 2. The molecule has 1 saturated heterocycles. The molecule has 6 nitrogen and oxygen atoms in total. The van der Waals surface area contributed by atoms with Crippen molar-refractivity contribution in [2.24, 2.45) is 11.7 Å². The fraction of sp³-hybridized carbons (Fsp3) is 0.833. The number of carbonyl (C=O) groups excluding carboxylic acids is 2. The molecule has 0 bridgehead atoms. The molecule has 1 aliphatic heterocycles. The minimum atomic E-state index is -0.873. The van der Waals surface area contributed by atoms with Crippen LogP contribution in [0.15, 0.2) is 0 Å². The Labute approximate surface area is 107 Å². The van der Waals surface area contributed by atoms with Gasteiger partial charge in [0, 0.05) is 19.5 Å². The van der Waals surface area contributed by atoms with Crippen LogP contribution >= 0.6 is 0 Å². The number of nitrogens with two attached hydrogens (primary N) is 1. The number of primary amides is 1. The number of piperidine rings is 1. The van der Waals surface area contributed by atoms with Gasteiger partial charge in [-0.2, -0.15) is 0 Å². The first-order valence-electron chi connectivity index (χ1n) is 6.32. The van der Waals surface area contributed by atoms with E-state index in [2.05, 4.69) is 0 Å². The number of hydrogen-bond acceptors (Lipinski definition) is 4. The highest BCUT2D eigenvalue weighted by Crippen LogP contribution is 2.16. The molecule has 1 aliphatic rings. The van der Waals surface area contributed by atoms with E-state index in [9.17, 15) is 19.8 Å². The van der Waals surface area contributed by atoms with Crippen LogP contribution in [-0.4, -0.2) is 52.2 Å². The van der Waals surface area contributed by atoms with Gasteiger partial charge in [-0.3, -0.25) is 9.59 Å². The maximum Gasteiger partial charge on any atom is 0.222 e. The average Bonchev–Trinajstić information content (AvgIpc) is 2.28. The molecule has 4 N–H and O–H groups in total. The van der Waals surface area contributed by atoms with E-state index in [1.165, 1.54) is 0 Å². The topological polar surface area (TPSA) is 104 Å². The molecular formula is C12H22N2O4. The Morgan fingerprint density at radius 2 is 1.89 bits per heavy atom. The highest BCUT2D eigenvalue weighted by Gasteiger charge is 2.25. The summed E-state index contributed by atoms with van der Waals surface area (Å²) >= 11 is 0. The Balaban J connectivity index is 2.37. The van der Waals surface area contributed by atoms with E-state index < -0.39 is 12.0 Å². The molecule has 1 rings (SSSR count). The van der Waals surface area contributed by atoms with Crippen molar-refractivity contribution >= 4 is 11.8 Å². The highest BCUT2D eigenvalue weighted by molar-refractivity contribution is 5.77. The summed E-state index contributed by atoms with van der Waals surface area (Å²) in [6.07, 6.45) is 0.0970. The molecule has 6 heteroatoms. The van der Waals surface area contributed by atoms with Gasteiger partial charge in [0.15, 0.2) is 0 Å². The number of nitrogens with zero attached hydrogens (tertiary/aromatic N) is 1. The Kier molecular flexibility index (Phi) is 5.55. The highest BCUT2D eigenvalue weighted by atomic mass is 16.3. The number of carbonyl (C=O) groups is 2. The van der Waals surface area contributed by atoms with Crippen LogP contribution in [0.1, 0.15) is 32.6 Å². The molecule has 2 amide bonds. The van der Waals surface area contributed by atoms with Crippen LogP contribution in [0.3, 0.4) is 0 Å². The van der Waals surface area contributed by atoms with Gasteiger partial charge in [-0.05, 0) is 18.8 Å². The third-order valence-corrected chi connectivity index (χ3v) is 3.38. The molecule has 0 spiro atoms. The van der Waals surface area contributed by atoms with Crippen molar-refractivity contribution in [2.45, 2.75) is 44.8 Å². The molecule has 0 aromatic rings. The molecule has 2 atom stereocenters. The second-order valence-corrected chi connectivity index (χ2v) is 5.03. The lowest BCUT2D eigenvalue weighted by molar-refractivity contribution is -0.135. The summed E-state index contributed by atoms with van der Waals surface area (Å²) in [6.45, 7) is 2.83. The van der Waals surface area contributed by atoms with Gasteiger partial charge >= 0.3 is 0 Å². The van der Waals surface area contributed by atoms with Crippen LogP contribution in [0.2, 0.25) is 0 Å². The van der Waals surface area contributed by atoms with E-state index in [-0.39, 0.29) is 30.8 Å². The second kappa shape index (κ2) is 6.70. The van der Waals surface area contributed by atoms with Crippen LogP contribution in [0, 0.1) is 5.92 Å². The average molecular weight is 258 g/mol. The smallest absolute Gasteiger partial charge is 0.222 e. The summed E-state index contributed by atoms with van der Waals surface area (Å²) in [7, 11) is 0. The molecule has 0 saturated carbocycles. The summed E-state index contributed by atoms with van der Waals surface area (Å²) in [6, 6.07) is 0. The van der Waals surface area contributed by atoms with E-state index in [4.69, 9.17) is 5.73 Å². The molecule has 18 heavy (non-hydrogen) atoms. The molecule has 0 aromatic heterocycles. The van der Waals surface area contributed by atoms with Crippen LogP contribution in [0.4, 0.5) is 0 Å². The zero-order chi connectivity index (χ0) is 13.7. The van der Waals surface area contributed by atoms with E-state index in [0.717, 1.165) is 0 Å². The van der Waals surface area contributed by atoms with Gasteiger partial charge in [-0.15, -0.1) is 0 Å². The number of hydrogen-bond donors (Lipinski definition) is 3. The maximum atomic E-state index is 11.9. The van der Waals surface area contributed by atoms with Crippen molar-refractivity contribution in [2.75, 3.05) is 13.1 Å². The van der Waals surface area contributed by atoms with E-state index in [1.54, 1.807) is 11.8 Å². The van der Waals surface area contributed by atoms with Gasteiger partial charge in [0.25, 0.3) is 0 Å². The minimum absolute atomic E-state index is 0.0436. The van der Waals surface area contributed by atoms with Crippen molar-refractivity contribution in [1.82, 2.24) is 4.90 Å². The van der Waals surface area contributed by atoms with Crippen LogP contribution < -0.4 is 5.73 Å². The monoisotopic (exact) mass is 258 g/mol. The third-order valence-electron chi connectivity index (χ3n) is 3.38. The van der Waals surface area contributed by atoms with Crippen LogP contribution in [0.5, 0.6) is 0 Å². The van der Waals surface area contributed by atoms with Crippen LogP contribution in [0.25, 0.3) is 0 Å². The SMILES string of the molecule is C[C@H](CC(=O)N1CCC(O)CC1)[C@@H](O)CC(N)=O. The molecule has 0 radical (unpaired) electrons. The Morgan fingerprint density at radius 3 is 2.39 bits per heavy atom. The summed E-state index contributed by atoms with van der Waals surface area (Å²) in [5.74, 6) is -0.905. The number of aliphatic hydroxyl groups excluding tert-OH is 2. The van der Waals surface area contributed by atoms with E-state index in [1.807, 2.05) is 0 Å². The van der Waals surface area contributed by atoms with Gasteiger partial charge in [0.2, 0.25) is 11.8 Å². The predicted molar refractivity (Wildman–Crippen MR) is 65.4 cm³/mol. The summed E-state index contributed by atoms with van der Waals surface area (Å²) < 4.78 is 0. The maximum absolute atomic E-state index is 11.9. The van der Waals surface area contributed by atoms with Crippen molar-refractivity contribution in [1.29, 1.82) is 0 Å². The third kappa shape index (κ3) is 4.62. The van der Waals surface area contributed by atoms with Gasteiger partial charge in [-0.1, -0.05) is 6.92 Å². The first kappa shape index (κ1) is 14.9. The molecule has 0 unspecified atom stereocenters. The molecule has 0 aromatic carbocycles. The fourth-order valence-corrected chi connectivity index (χ4v) is 2.06. The van der Waals surface area contributed by atoms with E-state index in [0.29, 0.717) is 25.9 Å². The molecule has 1 heterocycles. The van der Waals surface area contributed by atoms with Gasteiger partial charge in [-0.25, -0.2) is 0 Å².